The first-order valence-electron chi connectivity index (χ1n) is 6.21. The van der Waals surface area contributed by atoms with Crippen LogP contribution in [0.2, 0.25) is 0 Å². The molecule has 0 saturated heterocycles. The summed E-state index contributed by atoms with van der Waals surface area (Å²) in [6.45, 7) is 9.72. The van der Waals surface area contributed by atoms with Gasteiger partial charge in [0.2, 0.25) is 0 Å². The lowest BCUT2D eigenvalue weighted by atomic mass is 10.1. The van der Waals surface area contributed by atoms with Gasteiger partial charge in [0.25, 0.3) is 0 Å². The number of aliphatic hydroxyl groups excluding tert-OH is 1. The Morgan fingerprint density at radius 2 is 2.18 bits per heavy atom. The van der Waals surface area contributed by atoms with Crippen LogP contribution in [0.3, 0.4) is 0 Å². The van der Waals surface area contributed by atoms with Crippen molar-refractivity contribution in [2.45, 2.75) is 33.3 Å². The van der Waals surface area contributed by atoms with Crippen molar-refractivity contribution in [1.29, 1.82) is 0 Å². The lowest BCUT2D eigenvalue weighted by Crippen LogP contribution is -2.24. The molecule has 0 atom stereocenters. The number of aryl methyl sites for hydroxylation is 1. The molecule has 0 radical (unpaired) electrons. The first-order chi connectivity index (χ1) is 8.24. The van der Waals surface area contributed by atoms with E-state index in [1.165, 1.54) is 0 Å². The van der Waals surface area contributed by atoms with Crippen molar-refractivity contribution < 1.29 is 5.11 Å². The van der Waals surface area contributed by atoms with Crippen LogP contribution in [-0.2, 0) is 13.0 Å². The van der Waals surface area contributed by atoms with Crippen LogP contribution in [0, 0.1) is 0 Å². The number of anilines is 1. The molecule has 0 aliphatic rings. The van der Waals surface area contributed by atoms with Crippen molar-refractivity contribution in [3.8, 4) is 0 Å². The minimum atomic E-state index is 0.0673. The van der Waals surface area contributed by atoms with Crippen LogP contribution < -0.4 is 4.90 Å². The fourth-order valence-corrected chi connectivity index (χ4v) is 1.81. The minimum absolute atomic E-state index is 0.0673. The van der Waals surface area contributed by atoms with Crippen LogP contribution in [-0.4, -0.2) is 23.2 Å². The molecule has 0 spiro atoms. The van der Waals surface area contributed by atoms with E-state index in [2.05, 4.69) is 30.3 Å². The Kier molecular flexibility index (Phi) is 5.70. The van der Waals surface area contributed by atoms with Gasteiger partial charge in [-0.25, -0.2) is 4.98 Å². The number of pyridine rings is 1. The third kappa shape index (κ3) is 3.86. The Labute approximate surface area is 104 Å². The number of nitrogens with zero attached hydrogens (tertiary/aromatic N) is 2. The Morgan fingerprint density at radius 1 is 1.41 bits per heavy atom. The van der Waals surface area contributed by atoms with E-state index < -0.39 is 0 Å². The molecule has 0 aliphatic carbocycles. The Balaban J connectivity index is 3.03. The van der Waals surface area contributed by atoms with Gasteiger partial charge >= 0.3 is 0 Å². The number of likely N-dealkylation sites (N-methyl/N-ethyl adjacent to an activating group) is 1. The number of aliphatic hydroxyl groups is 1. The predicted octanol–water partition coefficient (Wildman–Crippen LogP) is 2.54. The van der Waals surface area contributed by atoms with Gasteiger partial charge in [0.05, 0.1) is 6.61 Å². The van der Waals surface area contributed by atoms with Gasteiger partial charge in [-0.15, -0.1) is 6.58 Å². The zero-order chi connectivity index (χ0) is 12.7. The van der Waals surface area contributed by atoms with Crippen molar-refractivity contribution in [3.05, 3.63) is 36.0 Å². The summed E-state index contributed by atoms with van der Waals surface area (Å²) in [5.41, 5.74) is 1.98. The molecule has 0 aromatic carbocycles. The number of aromatic nitrogens is 1. The summed E-state index contributed by atoms with van der Waals surface area (Å²) in [7, 11) is 0. The molecular formula is C14H22N2O. The smallest absolute Gasteiger partial charge is 0.129 e. The summed E-state index contributed by atoms with van der Waals surface area (Å²) in [6, 6.07) is 3.93. The zero-order valence-electron chi connectivity index (χ0n) is 10.8. The fourth-order valence-electron chi connectivity index (χ4n) is 1.81. The number of hydrogen-bond acceptors (Lipinski definition) is 3. The van der Waals surface area contributed by atoms with Crippen molar-refractivity contribution in [2.75, 3.05) is 18.0 Å². The third-order valence-electron chi connectivity index (χ3n) is 2.67. The van der Waals surface area contributed by atoms with Gasteiger partial charge in [-0.2, -0.15) is 0 Å². The molecule has 1 aromatic rings. The molecule has 0 unspecified atom stereocenters. The maximum atomic E-state index is 9.27. The molecule has 0 amide bonds. The van der Waals surface area contributed by atoms with Gasteiger partial charge in [0.15, 0.2) is 0 Å². The van der Waals surface area contributed by atoms with Gasteiger partial charge in [0.1, 0.15) is 5.82 Å². The van der Waals surface area contributed by atoms with Crippen LogP contribution in [0.4, 0.5) is 5.82 Å². The van der Waals surface area contributed by atoms with Crippen LogP contribution in [0.5, 0.6) is 0 Å². The van der Waals surface area contributed by atoms with Crippen LogP contribution in [0.15, 0.2) is 24.8 Å². The molecule has 17 heavy (non-hydrogen) atoms. The summed E-state index contributed by atoms with van der Waals surface area (Å²) in [5.74, 6) is 0.933. The van der Waals surface area contributed by atoms with Crippen molar-refractivity contribution in [3.63, 3.8) is 0 Å². The second-order valence-electron chi connectivity index (χ2n) is 4.06. The number of rotatable bonds is 7. The first-order valence-corrected chi connectivity index (χ1v) is 6.21. The second-order valence-corrected chi connectivity index (χ2v) is 4.06. The Bertz CT molecular complexity index is 363. The molecule has 0 fully saturated rings. The molecule has 3 heteroatoms. The molecule has 1 rings (SSSR count). The zero-order valence-corrected chi connectivity index (χ0v) is 10.8. The van der Waals surface area contributed by atoms with E-state index in [4.69, 9.17) is 0 Å². The van der Waals surface area contributed by atoms with E-state index in [1.807, 2.05) is 18.2 Å². The quantitative estimate of drug-likeness (QED) is 0.737. The van der Waals surface area contributed by atoms with Gasteiger partial charge < -0.3 is 10.0 Å². The molecule has 1 aromatic heterocycles. The van der Waals surface area contributed by atoms with E-state index in [-0.39, 0.29) is 6.61 Å². The van der Waals surface area contributed by atoms with E-state index in [1.54, 1.807) is 0 Å². The van der Waals surface area contributed by atoms with Crippen molar-refractivity contribution in [2.24, 2.45) is 0 Å². The van der Waals surface area contributed by atoms with Crippen molar-refractivity contribution in [1.82, 2.24) is 4.98 Å². The van der Waals surface area contributed by atoms with Crippen LogP contribution >= 0.6 is 0 Å². The molecular weight excluding hydrogens is 212 g/mol. The summed E-state index contributed by atoms with van der Waals surface area (Å²) >= 11 is 0. The lowest BCUT2D eigenvalue weighted by molar-refractivity contribution is 0.281. The summed E-state index contributed by atoms with van der Waals surface area (Å²) in [6.07, 6.45) is 3.89. The molecule has 94 valence electrons. The maximum absolute atomic E-state index is 9.27. The fraction of sp³-hybridized carbons (Fsp3) is 0.500. The topological polar surface area (TPSA) is 36.4 Å². The first kappa shape index (κ1) is 13.7. The van der Waals surface area contributed by atoms with E-state index in [0.717, 1.165) is 43.0 Å². The molecule has 1 N–H and O–H groups in total. The van der Waals surface area contributed by atoms with E-state index in [9.17, 15) is 5.11 Å². The number of hydrogen-bond donors (Lipinski definition) is 1. The average molecular weight is 234 g/mol. The third-order valence-corrected chi connectivity index (χ3v) is 2.67. The maximum Gasteiger partial charge on any atom is 0.129 e. The molecule has 0 aliphatic heterocycles. The Morgan fingerprint density at radius 3 is 2.71 bits per heavy atom. The summed E-state index contributed by atoms with van der Waals surface area (Å²) in [5, 5.41) is 9.27. The van der Waals surface area contributed by atoms with E-state index >= 15 is 0 Å². The normalized spacial score (nSPS) is 10.3. The molecule has 0 saturated carbocycles. The highest BCUT2D eigenvalue weighted by Gasteiger charge is 2.07. The molecule has 0 bridgehead atoms. The molecule has 1 heterocycles. The highest BCUT2D eigenvalue weighted by atomic mass is 16.3. The Hall–Kier alpha value is -1.35. The average Bonchev–Trinajstić information content (AvgIpc) is 2.35. The van der Waals surface area contributed by atoms with Crippen molar-refractivity contribution >= 4 is 5.82 Å². The monoisotopic (exact) mass is 234 g/mol. The largest absolute Gasteiger partial charge is 0.392 e. The van der Waals surface area contributed by atoms with Crippen LogP contribution in [0.25, 0.3) is 0 Å². The van der Waals surface area contributed by atoms with Gasteiger partial charge in [-0.1, -0.05) is 19.4 Å². The standard InChI is InChI=1S/C14H22N2O/c1-4-7-13-9-12(11-17)10-14(15-13)16(6-3)8-5-2/h5,9-10,17H,2,4,6-8,11H2,1,3H3. The SMILES string of the molecule is C=CCN(CC)c1cc(CO)cc(CCC)n1. The van der Waals surface area contributed by atoms with Gasteiger partial charge in [-0.05, 0) is 31.0 Å². The van der Waals surface area contributed by atoms with Crippen LogP contribution in [0.1, 0.15) is 31.5 Å². The van der Waals surface area contributed by atoms with Gasteiger partial charge in [-0.3, -0.25) is 0 Å². The predicted molar refractivity (Wildman–Crippen MR) is 72.2 cm³/mol. The highest BCUT2D eigenvalue weighted by molar-refractivity contribution is 5.43. The summed E-state index contributed by atoms with van der Waals surface area (Å²) in [4.78, 5) is 6.77. The minimum Gasteiger partial charge on any atom is -0.392 e. The molecule has 3 nitrogen and oxygen atoms in total. The summed E-state index contributed by atoms with van der Waals surface area (Å²) < 4.78 is 0. The highest BCUT2D eigenvalue weighted by Crippen LogP contribution is 2.16. The lowest BCUT2D eigenvalue weighted by Gasteiger charge is -2.21. The van der Waals surface area contributed by atoms with Gasteiger partial charge in [0, 0.05) is 18.8 Å². The van der Waals surface area contributed by atoms with E-state index in [0.29, 0.717) is 0 Å². The second kappa shape index (κ2) is 7.07.